The first-order valence-corrected chi connectivity index (χ1v) is 6.86. The van der Waals surface area contributed by atoms with Crippen LogP contribution in [0.4, 0.5) is 8.78 Å². The second kappa shape index (κ2) is 5.67. The van der Waals surface area contributed by atoms with E-state index in [4.69, 9.17) is 0 Å². The highest BCUT2D eigenvalue weighted by Gasteiger charge is 2.35. The zero-order chi connectivity index (χ0) is 15.7. The van der Waals surface area contributed by atoms with Crippen molar-refractivity contribution in [1.82, 2.24) is 15.5 Å². The van der Waals surface area contributed by atoms with Crippen LogP contribution in [0.5, 0.6) is 0 Å². The molecule has 1 aliphatic rings. The van der Waals surface area contributed by atoms with Crippen LogP contribution in [0.2, 0.25) is 0 Å². The molecular weight excluding hydrogens is 292 g/mol. The number of nitrogens with one attached hydrogen (secondary N) is 2. The zero-order valence-corrected chi connectivity index (χ0v) is 11.5. The highest BCUT2D eigenvalue weighted by atomic mass is 19.1. The Bertz CT molecular complexity index is 751. The quantitative estimate of drug-likeness (QED) is 0.906. The number of amides is 1. The molecule has 114 valence electrons. The Morgan fingerprint density at radius 1 is 1.27 bits per heavy atom. The van der Waals surface area contributed by atoms with E-state index in [9.17, 15) is 18.4 Å². The Morgan fingerprint density at radius 2 is 2.05 bits per heavy atom. The van der Waals surface area contributed by atoms with Crippen LogP contribution in [0.1, 0.15) is 34.9 Å². The van der Waals surface area contributed by atoms with Gasteiger partial charge in [0.25, 0.3) is 11.5 Å². The number of nitrogens with zero attached hydrogens (tertiary/aromatic N) is 1. The van der Waals surface area contributed by atoms with E-state index in [2.05, 4.69) is 15.5 Å². The predicted molar refractivity (Wildman–Crippen MR) is 74.1 cm³/mol. The van der Waals surface area contributed by atoms with E-state index in [0.717, 1.165) is 31.0 Å². The molecule has 1 saturated carbocycles. The van der Waals surface area contributed by atoms with Gasteiger partial charge in [-0.3, -0.25) is 9.59 Å². The number of rotatable bonds is 4. The van der Waals surface area contributed by atoms with Crippen LogP contribution >= 0.6 is 0 Å². The average Bonchev–Trinajstić information content (AvgIpc) is 3.33. The summed E-state index contributed by atoms with van der Waals surface area (Å²) in [6.07, 6.45) is 1.67. The first-order valence-electron chi connectivity index (χ1n) is 6.86. The van der Waals surface area contributed by atoms with E-state index in [1.807, 2.05) is 0 Å². The Kier molecular flexibility index (Phi) is 3.70. The van der Waals surface area contributed by atoms with Gasteiger partial charge in [0.15, 0.2) is 0 Å². The topological polar surface area (TPSA) is 74.8 Å². The van der Waals surface area contributed by atoms with Gasteiger partial charge in [-0.2, -0.15) is 5.10 Å². The fourth-order valence-electron chi connectivity index (χ4n) is 2.32. The fourth-order valence-corrected chi connectivity index (χ4v) is 2.32. The van der Waals surface area contributed by atoms with Gasteiger partial charge in [0, 0.05) is 11.6 Å². The van der Waals surface area contributed by atoms with Crippen LogP contribution in [0, 0.1) is 17.6 Å². The monoisotopic (exact) mass is 305 g/mol. The average molecular weight is 305 g/mol. The highest BCUT2D eigenvalue weighted by molar-refractivity contribution is 5.92. The molecule has 0 bridgehead atoms. The maximum absolute atomic E-state index is 13.9. The molecule has 7 heteroatoms. The standard InChI is InChI=1S/C15H13F2N3O2/c16-9-3-4-11(17)10(7-9)14(8-1-2-8)18-15(22)12-5-6-13(21)20-19-12/h3-8,14H,1-2H2,(H,18,22)(H,20,21). The summed E-state index contributed by atoms with van der Waals surface area (Å²) in [6, 6.07) is 5.02. The van der Waals surface area contributed by atoms with E-state index in [1.54, 1.807) is 0 Å². The molecule has 0 aliphatic heterocycles. The molecule has 1 unspecified atom stereocenters. The molecule has 3 rings (SSSR count). The van der Waals surface area contributed by atoms with E-state index in [1.165, 1.54) is 12.1 Å². The van der Waals surface area contributed by atoms with Gasteiger partial charge in [-0.05, 0) is 43.0 Å². The third kappa shape index (κ3) is 3.03. The summed E-state index contributed by atoms with van der Waals surface area (Å²) in [5.41, 5.74) is -0.284. The summed E-state index contributed by atoms with van der Waals surface area (Å²) in [5.74, 6) is -1.59. The van der Waals surface area contributed by atoms with E-state index >= 15 is 0 Å². The first kappa shape index (κ1) is 14.4. The van der Waals surface area contributed by atoms with Gasteiger partial charge in [-0.15, -0.1) is 0 Å². The molecule has 1 aromatic heterocycles. The molecule has 1 aliphatic carbocycles. The van der Waals surface area contributed by atoms with Crippen molar-refractivity contribution in [2.45, 2.75) is 18.9 Å². The normalized spacial score (nSPS) is 15.4. The maximum atomic E-state index is 13.9. The summed E-state index contributed by atoms with van der Waals surface area (Å²) in [5, 5.41) is 8.45. The van der Waals surface area contributed by atoms with Crippen LogP contribution in [0.15, 0.2) is 35.1 Å². The van der Waals surface area contributed by atoms with Gasteiger partial charge in [0.1, 0.15) is 17.3 Å². The van der Waals surface area contributed by atoms with Crippen LogP contribution in [0.3, 0.4) is 0 Å². The van der Waals surface area contributed by atoms with Crippen LogP contribution < -0.4 is 10.9 Å². The van der Waals surface area contributed by atoms with Gasteiger partial charge in [-0.25, -0.2) is 13.9 Å². The molecule has 2 aromatic rings. The number of carbonyl (C=O) groups is 1. The zero-order valence-electron chi connectivity index (χ0n) is 11.5. The number of H-pyrrole nitrogens is 1. The molecular formula is C15H13F2N3O2. The Balaban J connectivity index is 1.86. The van der Waals surface area contributed by atoms with Crippen LogP contribution in [0.25, 0.3) is 0 Å². The lowest BCUT2D eigenvalue weighted by molar-refractivity contribution is 0.0924. The Hall–Kier alpha value is -2.57. The first-order chi connectivity index (χ1) is 10.5. The van der Waals surface area contributed by atoms with Crippen LogP contribution in [-0.4, -0.2) is 16.1 Å². The number of aromatic nitrogens is 2. The molecule has 1 heterocycles. The molecule has 0 saturated heterocycles. The minimum atomic E-state index is -0.614. The molecule has 0 radical (unpaired) electrons. The van der Waals surface area contributed by atoms with Crippen molar-refractivity contribution >= 4 is 5.91 Å². The van der Waals surface area contributed by atoms with Crippen LogP contribution in [-0.2, 0) is 0 Å². The van der Waals surface area contributed by atoms with Crippen molar-refractivity contribution in [1.29, 1.82) is 0 Å². The van der Waals surface area contributed by atoms with E-state index < -0.39 is 29.1 Å². The summed E-state index contributed by atoms with van der Waals surface area (Å²) in [7, 11) is 0. The lowest BCUT2D eigenvalue weighted by atomic mass is 10.0. The lowest BCUT2D eigenvalue weighted by Crippen LogP contribution is -2.31. The summed E-state index contributed by atoms with van der Waals surface area (Å²) < 4.78 is 27.3. The second-order valence-corrected chi connectivity index (χ2v) is 5.26. The fraction of sp³-hybridized carbons (Fsp3) is 0.267. The van der Waals surface area contributed by atoms with Crippen molar-refractivity contribution in [2.24, 2.45) is 5.92 Å². The third-order valence-corrected chi connectivity index (χ3v) is 3.58. The molecule has 1 atom stereocenters. The van der Waals surface area contributed by atoms with Crippen molar-refractivity contribution in [3.05, 3.63) is 63.6 Å². The highest BCUT2D eigenvalue weighted by Crippen LogP contribution is 2.41. The number of hydrogen-bond acceptors (Lipinski definition) is 3. The Labute approximate surface area is 124 Å². The van der Waals surface area contributed by atoms with Crippen molar-refractivity contribution in [3.63, 3.8) is 0 Å². The predicted octanol–water partition coefficient (Wildman–Crippen LogP) is 1.93. The van der Waals surface area contributed by atoms with Gasteiger partial charge in [0.2, 0.25) is 0 Å². The van der Waals surface area contributed by atoms with Crippen molar-refractivity contribution < 1.29 is 13.6 Å². The number of hydrogen-bond donors (Lipinski definition) is 2. The van der Waals surface area contributed by atoms with Gasteiger partial charge >= 0.3 is 0 Å². The lowest BCUT2D eigenvalue weighted by Gasteiger charge is -2.19. The van der Waals surface area contributed by atoms with Gasteiger partial charge < -0.3 is 5.32 Å². The van der Waals surface area contributed by atoms with Gasteiger partial charge in [-0.1, -0.05) is 0 Å². The molecule has 1 amide bonds. The summed E-state index contributed by atoms with van der Waals surface area (Å²) in [6.45, 7) is 0. The number of benzene rings is 1. The number of halogens is 2. The summed E-state index contributed by atoms with van der Waals surface area (Å²) in [4.78, 5) is 23.1. The van der Waals surface area contributed by atoms with Gasteiger partial charge in [0.05, 0.1) is 6.04 Å². The molecule has 2 N–H and O–H groups in total. The Morgan fingerprint density at radius 3 is 2.68 bits per heavy atom. The maximum Gasteiger partial charge on any atom is 0.272 e. The molecule has 22 heavy (non-hydrogen) atoms. The van der Waals surface area contributed by atoms with Crippen molar-refractivity contribution in [2.75, 3.05) is 0 Å². The molecule has 5 nitrogen and oxygen atoms in total. The SMILES string of the molecule is O=C(NC(c1cc(F)ccc1F)C1CC1)c1ccc(=O)[nH]n1. The number of carbonyl (C=O) groups excluding carboxylic acids is 1. The minimum absolute atomic E-state index is 0.0158. The second-order valence-electron chi connectivity index (χ2n) is 5.26. The largest absolute Gasteiger partial charge is 0.343 e. The molecule has 1 aromatic carbocycles. The van der Waals surface area contributed by atoms with Crippen molar-refractivity contribution in [3.8, 4) is 0 Å². The van der Waals surface area contributed by atoms with E-state index in [-0.39, 0.29) is 17.2 Å². The smallest absolute Gasteiger partial charge is 0.272 e. The third-order valence-electron chi connectivity index (χ3n) is 3.58. The number of aromatic amines is 1. The van der Waals surface area contributed by atoms with E-state index in [0.29, 0.717) is 0 Å². The molecule has 0 spiro atoms. The minimum Gasteiger partial charge on any atom is -0.343 e. The summed E-state index contributed by atoms with van der Waals surface area (Å²) >= 11 is 0. The molecule has 1 fully saturated rings.